The third-order valence-electron chi connectivity index (χ3n) is 2.57. The van der Waals surface area contributed by atoms with E-state index in [0.29, 0.717) is 24.5 Å². The van der Waals surface area contributed by atoms with E-state index in [1.54, 1.807) is 12.1 Å². The Morgan fingerprint density at radius 1 is 1.53 bits per heavy atom. The Hall–Kier alpha value is -0.920. The number of halogens is 1. The number of carboxylic acid groups (broad SMARTS) is 1. The van der Waals surface area contributed by atoms with E-state index in [1.807, 2.05) is 0 Å². The normalized spacial score (nSPS) is 20.3. The van der Waals surface area contributed by atoms with E-state index in [9.17, 15) is 9.59 Å². The van der Waals surface area contributed by atoms with Crippen LogP contribution in [0.4, 0.5) is 0 Å². The van der Waals surface area contributed by atoms with Crippen LogP contribution in [0, 0.1) is 0 Å². The fourth-order valence-electron chi connectivity index (χ4n) is 1.74. The van der Waals surface area contributed by atoms with Crippen LogP contribution in [-0.4, -0.2) is 47.6 Å². The molecular weight excluding hydrogens is 308 g/mol. The molecule has 1 unspecified atom stereocenters. The molecule has 0 bridgehead atoms. The molecule has 1 atom stereocenters. The van der Waals surface area contributed by atoms with Crippen LogP contribution >= 0.6 is 27.3 Å². The molecular formula is C10H11BrN2O3S. The lowest BCUT2D eigenvalue weighted by molar-refractivity contribution is -0.142. The Morgan fingerprint density at radius 3 is 2.88 bits per heavy atom. The van der Waals surface area contributed by atoms with Gasteiger partial charge in [-0.2, -0.15) is 0 Å². The lowest BCUT2D eigenvalue weighted by Crippen LogP contribution is -2.56. The van der Waals surface area contributed by atoms with Crippen molar-refractivity contribution in [3.63, 3.8) is 0 Å². The topological polar surface area (TPSA) is 69.6 Å². The molecule has 0 aliphatic carbocycles. The van der Waals surface area contributed by atoms with Gasteiger partial charge in [0.05, 0.1) is 8.66 Å². The van der Waals surface area contributed by atoms with Gasteiger partial charge >= 0.3 is 5.97 Å². The van der Waals surface area contributed by atoms with Gasteiger partial charge in [0.15, 0.2) is 0 Å². The second kappa shape index (κ2) is 5.16. The van der Waals surface area contributed by atoms with Crippen LogP contribution in [0.3, 0.4) is 0 Å². The highest BCUT2D eigenvalue weighted by atomic mass is 79.9. The first-order chi connectivity index (χ1) is 8.09. The lowest BCUT2D eigenvalue weighted by Gasteiger charge is -2.33. The molecule has 1 fully saturated rings. The zero-order valence-electron chi connectivity index (χ0n) is 8.85. The van der Waals surface area contributed by atoms with Crippen LogP contribution in [0.1, 0.15) is 9.67 Å². The fraction of sp³-hybridized carbons (Fsp3) is 0.400. The summed E-state index contributed by atoms with van der Waals surface area (Å²) in [6.45, 7) is 1.35. The maximum Gasteiger partial charge on any atom is 0.327 e. The molecule has 0 radical (unpaired) electrons. The molecule has 1 aromatic rings. The second-order valence-electron chi connectivity index (χ2n) is 3.66. The highest BCUT2D eigenvalue weighted by Crippen LogP contribution is 2.24. The van der Waals surface area contributed by atoms with Crippen molar-refractivity contribution >= 4 is 39.1 Å². The number of hydrogen-bond acceptors (Lipinski definition) is 4. The average Bonchev–Trinajstić information content (AvgIpc) is 2.75. The summed E-state index contributed by atoms with van der Waals surface area (Å²) in [7, 11) is 0. The molecule has 1 aromatic heterocycles. The summed E-state index contributed by atoms with van der Waals surface area (Å²) in [5, 5.41) is 12.0. The average molecular weight is 319 g/mol. The van der Waals surface area contributed by atoms with Crippen LogP contribution in [0.5, 0.6) is 0 Å². The predicted molar refractivity (Wildman–Crippen MR) is 67.3 cm³/mol. The van der Waals surface area contributed by atoms with E-state index < -0.39 is 12.0 Å². The number of hydrogen-bond donors (Lipinski definition) is 2. The van der Waals surface area contributed by atoms with E-state index >= 15 is 0 Å². The van der Waals surface area contributed by atoms with Crippen molar-refractivity contribution in [3.8, 4) is 0 Å². The van der Waals surface area contributed by atoms with E-state index in [4.69, 9.17) is 5.11 Å². The lowest BCUT2D eigenvalue weighted by atomic mass is 10.2. The van der Waals surface area contributed by atoms with Crippen molar-refractivity contribution in [1.82, 2.24) is 10.2 Å². The van der Waals surface area contributed by atoms with Crippen LogP contribution in [0.15, 0.2) is 15.9 Å². The Morgan fingerprint density at radius 2 is 2.29 bits per heavy atom. The minimum atomic E-state index is -0.971. The maximum atomic E-state index is 12.2. The number of amides is 1. The molecule has 2 rings (SSSR count). The summed E-state index contributed by atoms with van der Waals surface area (Å²) in [6.07, 6.45) is 0. The van der Waals surface area contributed by atoms with Gasteiger partial charge in [-0.05, 0) is 28.1 Å². The SMILES string of the molecule is O=C(O)C1CNCCN1C(=O)c1ccc(Br)s1. The zero-order chi connectivity index (χ0) is 12.4. The van der Waals surface area contributed by atoms with Crippen molar-refractivity contribution in [1.29, 1.82) is 0 Å². The zero-order valence-corrected chi connectivity index (χ0v) is 11.3. The molecule has 1 amide bonds. The number of carboxylic acids is 1. The van der Waals surface area contributed by atoms with E-state index in [0.717, 1.165) is 3.79 Å². The number of carbonyl (C=O) groups excluding carboxylic acids is 1. The molecule has 1 saturated heterocycles. The molecule has 5 nitrogen and oxygen atoms in total. The summed E-state index contributed by atoms with van der Waals surface area (Å²) >= 11 is 4.60. The summed E-state index contributed by atoms with van der Waals surface area (Å²) < 4.78 is 0.864. The van der Waals surface area contributed by atoms with Crippen molar-refractivity contribution in [3.05, 3.63) is 20.8 Å². The Balaban J connectivity index is 2.19. The van der Waals surface area contributed by atoms with Gasteiger partial charge in [0.2, 0.25) is 0 Å². The van der Waals surface area contributed by atoms with Crippen molar-refractivity contribution in [2.24, 2.45) is 0 Å². The van der Waals surface area contributed by atoms with Gasteiger partial charge in [0.25, 0.3) is 5.91 Å². The molecule has 17 heavy (non-hydrogen) atoms. The number of thiophene rings is 1. The van der Waals surface area contributed by atoms with Crippen molar-refractivity contribution in [2.45, 2.75) is 6.04 Å². The first-order valence-corrected chi connectivity index (χ1v) is 6.70. The molecule has 7 heteroatoms. The van der Waals surface area contributed by atoms with Gasteiger partial charge in [0, 0.05) is 19.6 Å². The summed E-state index contributed by atoms with van der Waals surface area (Å²) in [5.41, 5.74) is 0. The van der Waals surface area contributed by atoms with Gasteiger partial charge in [-0.1, -0.05) is 0 Å². The van der Waals surface area contributed by atoms with Crippen LogP contribution < -0.4 is 5.32 Å². The van der Waals surface area contributed by atoms with E-state index in [2.05, 4.69) is 21.2 Å². The molecule has 0 saturated carbocycles. The molecule has 92 valence electrons. The monoisotopic (exact) mass is 318 g/mol. The van der Waals surface area contributed by atoms with Crippen LogP contribution in [0.25, 0.3) is 0 Å². The first kappa shape index (κ1) is 12.5. The van der Waals surface area contributed by atoms with E-state index in [-0.39, 0.29) is 5.91 Å². The number of nitrogens with one attached hydrogen (secondary N) is 1. The molecule has 2 N–H and O–H groups in total. The summed E-state index contributed by atoms with van der Waals surface area (Å²) in [5.74, 6) is -1.18. The third kappa shape index (κ3) is 2.67. The molecule has 2 heterocycles. The van der Waals surface area contributed by atoms with Gasteiger partial charge < -0.3 is 15.3 Å². The fourth-order valence-corrected chi connectivity index (χ4v) is 3.08. The highest BCUT2D eigenvalue weighted by Gasteiger charge is 2.32. The number of nitrogens with zero attached hydrogens (tertiary/aromatic N) is 1. The van der Waals surface area contributed by atoms with Gasteiger partial charge in [-0.3, -0.25) is 4.79 Å². The summed E-state index contributed by atoms with van der Waals surface area (Å²) in [4.78, 5) is 25.2. The van der Waals surface area contributed by atoms with Gasteiger partial charge in [-0.25, -0.2) is 4.79 Å². The smallest absolute Gasteiger partial charge is 0.327 e. The highest BCUT2D eigenvalue weighted by molar-refractivity contribution is 9.11. The molecule has 0 spiro atoms. The predicted octanol–water partition coefficient (Wildman–Crippen LogP) is 1.01. The van der Waals surface area contributed by atoms with E-state index in [1.165, 1.54) is 16.2 Å². The minimum absolute atomic E-state index is 0.213. The minimum Gasteiger partial charge on any atom is -0.480 e. The quantitative estimate of drug-likeness (QED) is 0.854. The Kier molecular flexibility index (Phi) is 3.80. The van der Waals surface area contributed by atoms with Gasteiger partial charge in [0.1, 0.15) is 6.04 Å². The van der Waals surface area contributed by atoms with Crippen molar-refractivity contribution < 1.29 is 14.7 Å². The molecule has 0 aromatic carbocycles. The first-order valence-electron chi connectivity index (χ1n) is 5.09. The van der Waals surface area contributed by atoms with Gasteiger partial charge in [-0.15, -0.1) is 11.3 Å². The third-order valence-corrected chi connectivity index (χ3v) is 4.18. The van der Waals surface area contributed by atoms with Crippen LogP contribution in [-0.2, 0) is 4.79 Å². The number of carbonyl (C=O) groups is 2. The largest absolute Gasteiger partial charge is 0.480 e. The second-order valence-corrected chi connectivity index (χ2v) is 6.12. The number of aliphatic carboxylic acids is 1. The van der Waals surface area contributed by atoms with Crippen molar-refractivity contribution in [2.75, 3.05) is 19.6 Å². The van der Waals surface area contributed by atoms with Crippen LogP contribution in [0.2, 0.25) is 0 Å². The summed E-state index contributed by atoms with van der Waals surface area (Å²) in [6, 6.07) is 2.71. The number of rotatable bonds is 2. The maximum absolute atomic E-state index is 12.2. The molecule has 1 aliphatic rings. The molecule has 1 aliphatic heterocycles. The Labute approximate surface area is 111 Å². The Bertz CT molecular complexity index is 449. The standard InChI is InChI=1S/C10H11BrN2O3S/c11-8-2-1-7(17-8)9(14)13-4-3-12-5-6(13)10(15)16/h1-2,6,12H,3-5H2,(H,15,16). The number of piperazine rings is 1.